The van der Waals surface area contributed by atoms with E-state index in [1.807, 2.05) is 6.92 Å². The third-order valence-corrected chi connectivity index (χ3v) is 3.59. The number of hydrogen-bond donors (Lipinski definition) is 1. The maximum absolute atomic E-state index is 13.1. The molecule has 0 atom stereocenters. The summed E-state index contributed by atoms with van der Waals surface area (Å²) < 4.78 is 35.1. The van der Waals surface area contributed by atoms with Crippen LogP contribution in [0, 0.1) is 6.92 Å². The number of para-hydroxylation sites is 1. The molecule has 0 fully saturated rings. The molecule has 20 heavy (non-hydrogen) atoms. The van der Waals surface area contributed by atoms with E-state index in [4.69, 9.17) is 0 Å². The van der Waals surface area contributed by atoms with Crippen molar-refractivity contribution >= 4 is 21.8 Å². The first-order valence-electron chi connectivity index (χ1n) is 5.79. The van der Waals surface area contributed by atoms with Crippen molar-refractivity contribution in [3.8, 4) is 0 Å². The zero-order chi connectivity index (χ0) is 14.8. The summed E-state index contributed by atoms with van der Waals surface area (Å²) in [6.07, 6.45) is 0. The molecule has 2 aromatic rings. The monoisotopic (exact) mass is 293 g/mol. The molecule has 4 nitrogen and oxygen atoms in total. The smallest absolute Gasteiger partial charge is 0.321 e. The average molecular weight is 293 g/mol. The summed E-state index contributed by atoms with van der Waals surface area (Å²) in [5.41, 5.74) is 1.27. The van der Waals surface area contributed by atoms with Gasteiger partial charge in [0.15, 0.2) is 0 Å². The SMILES string of the molecule is Cc1ccc(C(=O)Nc2ccccc2S(=O)(=O)F)cc1. The summed E-state index contributed by atoms with van der Waals surface area (Å²) in [6.45, 7) is 1.88. The maximum Gasteiger partial charge on any atom is 0.334 e. The van der Waals surface area contributed by atoms with Gasteiger partial charge < -0.3 is 5.32 Å². The Hall–Kier alpha value is -2.21. The summed E-state index contributed by atoms with van der Waals surface area (Å²) in [7, 11) is -4.88. The number of nitrogens with one attached hydrogen (secondary N) is 1. The number of benzene rings is 2. The molecule has 0 unspecified atom stereocenters. The van der Waals surface area contributed by atoms with Gasteiger partial charge in [-0.3, -0.25) is 4.79 Å². The molecular formula is C14H12FNO3S. The molecular weight excluding hydrogens is 281 g/mol. The maximum atomic E-state index is 13.1. The zero-order valence-corrected chi connectivity index (χ0v) is 11.4. The van der Waals surface area contributed by atoms with Crippen LogP contribution in [0.3, 0.4) is 0 Å². The molecule has 0 radical (unpaired) electrons. The lowest BCUT2D eigenvalue weighted by molar-refractivity contribution is 0.102. The highest BCUT2D eigenvalue weighted by Gasteiger charge is 2.18. The second-order valence-corrected chi connectivity index (χ2v) is 5.57. The fraction of sp³-hybridized carbons (Fsp3) is 0.0714. The van der Waals surface area contributed by atoms with Crippen LogP contribution in [0.2, 0.25) is 0 Å². The van der Waals surface area contributed by atoms with E-state index >= 15 is 0 Å². The second-order valence-electron chi connectivity index (χ2n) is 4.25. The largest absolute Gasteiger partial charge is 0.334 e. The van der Waals surface area contributed by atoms with Crippen molar-refractivity contribution in [2.24, 2.45) is 0 Å². The molecule has 104 valence electrons. The lowest BCUT2D eigenvalue weighted by Crippen LogP contribution is -2.13. The van der Waals surface area contributed by atoms with E-state index in [-0.39, 0.29) is 5.69 Å². The number of anilines is 1. The van der Waals surface area contributed by atoms with Crippen molar-refractivity contribution < 1.29 is 17.1 Å². The average Bonchev–Trinajstić information content (AvgIpc) is 2.38. The summed E-state index contributed by atoms with van der Waals surface area (Å²) in [6, 6.07) is 12.1. The Balaban J connectivity index is 2.31. The molecule has 1 amide bonds. The molecule has 2 rings (SSSR count). The lowest BCUT2D eigenvalue weighted by atomic mass is 10.1. The van der Waals surface area contributed by atoms with Crippen molar-refractivity contribution in [1.29, 1.82) is 0 Å². The van der Waals surface area contributed by atoms with E-state index in [1.54, 1.807) is 24.3 Å². The van der Waals surface area contributed by atoms with Crippen LogP contribution in [0.1, 0.15) is 15.9 Å². The van der Waals surface area contributed by atoms with Crippen LogP contribution in [0.25, 0.3) is 0 Å². The van der Waals surface area contributed by atoms with E-state index in [2.05, 4.69) is 5.32 Å². The minimum atomic E-state index is -4.88. The minimum absolute atomic E-state index is 0.0828. The molecule has 0 aromatic heterocycles. The quantitative estimate of drug-likeness (QED) is 0.885. The van der Waals surface area contributed by atoms with Gasteiger partial charge in [0.25, 0.3) is 5.91 Å². The van der Waals surface area contributed by atoms with Crippen LogP contribution in [0.15, 0.2) is 53.4 Å². The molecule has 2 aromatic carbocycles. The molecule has 1 N–H and O–H groups in total. The first-order valence-corrected chi connectivity index (χ1v) is 7.18. The number of carbonyl (C=O) groups is 1. The lowest BCUT2D eigenvalue weighted by Gasteiger charge is -2.08. The minimum Gasteiger partial charge on any atom is -0.321 e. The number of halogens is 1. The fourth-order valence-electron chi connectivity index (χ4n) is 1.68. The van der Waals surface area contributed by atoms with E-state index in [0.29, 0.717) is 5.56 Å². The predicted molar refractivity (Wildman–Crippen MR) is 73.9 cm³/mol. The highest BCUT2D eigenvalue weighted by Crippen LogP contribution is 2.23. The molecule has 0 saturated carbocycles. The normalized spacial score (nSPS) is 11.1. The third kappa shape index (κ3) is 3.21. The van der Waals surface area contributed by atoms with Gasteiger partial charge in [-0.2, -0.15) is 8.42 Å². The Kier molecular flexibility index (Phi) is 3.85. The van der Waals surface area contributed by atoms with E-state index < -0.39 is 21.0 Å². The van der Waals surface area contributed by atoms with Crippen molar-refractivity contribution in [2.75, 3.05) is 5.32 Å². The third-order valence-electron chi connectivity index (χ3n) is 2.71. The Bertz CT molecular complexity index is 739. The summed E-state index contributed by atoms with van der Waals surface area (Å²) in [5.74, 6) is -0.499. The number of rotatable bonds is 3. The molecule has 0 spiro atoms. The number of carbonyl (C=O) groups excluding carboxylic acids is 1. The second kappa shape index (κ2) is 5.42. The van der Waals surface area contributed by atoms with Crippen LogP contribution >= 0.6 is 0 Å². The van der Waals surface area contributed by atoms with Crippen molar-refractivity contribution in [3.63, 3.8) is 0 Å². The van der Waals surface area contributed by atoms with E-state index in [1.165, 1.54) is 18.2 Å². The van der Waals surface area contributed by atoms with Gasteiger partial charge in [-0.1, -0.05) is 29.8 Å². The number of amides is 1. The summed E-state index contributed by atoms with van der Waals surface area (Å²) >= 11 is 0. The van der Waals surface area contributed by atoms with Crippen LogP contribution in [0.4, 0.5) is 9.57 Å². The molecule has 0 bridgehead atoms. The van der Waals surface area contributed by atoms with E-state index in [0.717, 1.165) is 11.6 Å². The van der Waals surface area contributed by atoms with Gasteiger partial charge in [-0.05, 0) is 31.2 Å². The summed E-state index contributed by atoms with van der Waals surface area (Å²) in [4.78, 5) is 11.4. The van der Waals surface area contributed by atoms with Crippen molar-refractivity contribution in [1.82, 2.24) is 0 Å². The predicted octanol–water partition coefficient (Wildman–Crippen LogP) is 2.91. The molecule has 0 aliphatic heterocycles. The van der Waals surface area contributed by atoms with Crippen molar-refractivity contribution in [3.05, 3.63) is 59.7 Å². The van der Waals surface area contributed by atoms with Crippen LogP contribution in [-0.4, -0.2) is 14.3 Å². The Morgan fingerprint density at radius 3 is 2.25 bits per heavy atom. The van der Waals surface area contributed by atoms with Crippen LogP contribution in [-0.2, 0) is 10.2 Å². The topological polar surface area (TPSA) is 63.2 Å². The van der Waals surface area contributed by atoms with Gasteiger partial charge in [0.1, 0.15) is 4.90 Å². The molecule has 0 aliphatic rings. The number of hydrogen-bond acceptors (Lipinski definition) is 3. The van der Waals surface area contributed by atoms with Gasteiger partial charge in [0, 0.05) is 5.56 Å². The first kappa shape index (κ1) is 14.2. The Labute approximate surface area is 116 Å². The molecule has 6 heteroatoms. The highest BCUT2D eigenvalue weighted by molar-refractivity contribution is 7.86. The first-order chi connectivity index (χ1) is 9.38. The zero-order valence-electron chi connectivity index (χ0n) is 10.6. The van der Waals surface area contributed by atoms with Gasteiger partial charge in [-0.25, -0.2) is 0 Å². The molecule has 0 heterocycles. The van der Waals surface area contributed by atoms with Crippen molar-refractivity contribution in [2.45, 2.75) is 11.8 Å². The molecule has 0 saturated heterocycles. The molecule has 0 aliphatic carbocycles. The standard InChI is InChI=1S/C14H12FNO3S/c1-10-6-8-11(9-7-10)14(17)16-12-4-2-3-5-13(12)20(15,18)19/h2-9H,1H3,(H,16,17). The summed E-state index contributed by atoms with van der Waals surface area (Å²) in [5, 5.41) is 2.39. The Morgan fingerprint density at radius 1 is 1.05 bits per heavy atom. The van der Waals surface area contributed by atoms with Gasteiger partial charge in [0.2, 0.25) is 0 Å². The van der Waals surface area contributed by atoms with Crippen LogP contribution in [0.5, 0.6) is 0 Å². The van der Waals surface area contributed by atoms with Gasteiger partial charge in [-0.15, -0.1) is 3.89 Å². The van der Waals surface area contributed by atoms with Gasteiger partial charge >= 0.3 is 10.2 Å². The van der Waals surface area contributed by atoms with E-state index in [9.17, 15) is 17.1 Å². The Morgan fingerprint density at radius 2 is 1.65 bits per heavy atom. The number of aryl methyl sites for hydroxylation is 1. The van der Waals surface area contributed by atoms with Crippen LogP contribution < -0.4 is 5.32 Å². The fourth-order valence-corrected chi connectivity index (χ4v) is 2.30. The highest BCUT2D eigenvalue weighted by atomic mass is 32.3. The van der Waals surface area contributed by atoms with Gasteiger partial charge in [0.05, 0.1) is 5.69 Å².